The van der Waals surface area contributed by atoms with Crippen LogP contribution < -0.4 is 5.32 Å². The number of nitrogens with one attached hydrogen (secondary N) is 1. The summed E-state index contributed by atoms with van der Waals surface area (Å²) in [7, 11) is 3.65. The van der Waals surface area contributed by atoms with Crippen molar-refractivity contribution in [2.45, 2.75) is 45.1 Å². The normalized spacial score (nSPS) is 21.1. The van der Waals surface area contributed by atoms with Gasteiger partial charge in [-0.2, -0.15) is 10.2 Å². The van der Waals surface area contributed by atoms with Crippen molar-refractivity contribution in [3.8, 4) is 16.9 Å². The molecule has 0 unspecified atom stereocenters. The molecule has 1 aliphatic carbocycles. The number of aromatic nitrogens is 4. The smallest absolute Gasteiger partial charge is 0.226 e. The molecular formula is C31H37N5O2. The van der Waals surface area contributed by atoms with Crippen molar-refractivity contribution in [1.29, 1.82) is 0 Å². The summed E-state index contributed by atoms with van der Waals surface area (Å²) in [6.07, 6.45) is 5.98. The number of hydrogen-bond acceptors (Lipinski definition) is 4. The SMILES string of the molecule is COCC[C@@H]1C[C@@H](NC(=O)Cc2c(C)c(-c3cnn(C)c3)nn2-c2ccccc2)[C@H](c2ccccc2)[C@H]1C. The molecule has 5 rings (SSSR count). The second kappa shape index (κ2) is 11.4. The molecule has 0 radical (unpaired) electrons. The highest BCUT2D eigenvalue weighted by Gasteiger charge is 2.41. The van der Waals surface area contributed by atoms with Crippen molar-refractivity contribution in [3.63, 3.8) is 0 Å². The van der Waals surface area contributed by atoms with Gasteiger partial charge in [0.2, 0.25) is 5.91 Å². The first kappa shape index (κ1) is 25.9. The highest BCUT2D eigenvalue weighted by molar-refractivity contribution is 5.80. The Morgan fingerprint density at radius 2 is 1.82 bits per heavy atom. The molecule has 0 saturated heterocycles. The molecule has 0 aliphatic heterocycles. The standard InChI is InChI=1S/C31H37N5O2/c1-21-24(15-16-38-4)17-27(30(21)23-11-7-5-8-12-23)33-29(37)18-28-22(2)31(25-19-32-35(3)20-25)34-36(28)26-13-9-6-10-14-26/h5-14,19-21,24,27,30H,15-18H2,1-4H3,(H,33,37)/t21-,24+,27+,30-/m0/s1. The minimum Gasteiger partial charge on any atom is -0.385 e. The lowest BCUT2D eigenvalue weighted by atomic mass is 9.84. The molecule has 2 heterocycles. The van der Waals surface area contributed by atoms with Gasteiger partial charge in [0.15, 0.2) is 0 Å². The van der Waals surface area contributed by atoms with E-state index >= 15 is 0 Å². The summed E-state index contributed by atoms with van der Waals surface area (Å²) in [5.41, 5.74) is 5.90. The number of hydrogen-bond donors (Lipinski definition) is 1. The van der Waals surface area contributed by atoms with Crippen LogP contribution in [0, 0.1) is 18.8 Å². The molecule has 0 bridgehead atoms. The van der Waals surface area contributed by atoms with Crippen LogP contribution in [0.25, 0.3) is 16.9 Å². The Bertz CT molecular complexity index is 1360. The quantitative estimate of drug-likeness (QED) is 0.340. The highest BCUT2D eigenvalue weighted by atomic mass is 16.5. The lowest BCUT2D eigenvalue weighted by Gasteiger charge is -2.25. The van der Waals surface area contributed by atoms with Gasteiger partial charge in [0.05, 0.1) is 29.7 Å². The van der Waals surface area contributed by atoms with Crippen LogP contribution in [0.2, 0.25) is 0 Å². The molecule has 4 aromatic rings. The highest BCUT2D eigenvalue weighted by Crippen LogP contribution is 2.45. The van der Waals surface area contributed by atoms with Crippen molar-refractivity contribution in [3.05, 3.63) is 89.9 Å². The summed E-state index contributed by atoms with van der Waals surface area (Å²) in [6.45, 7) is 5.10. The Labute approximate surface area is 224 Å². The van der Waals surface area contributed by atoms with E-state index in [-0.39, 0.29) is 24.3 Å². The van der Waals surface area contributed by atoms with Crippen LogP contribution >= 0.6 is 0 Å². The van der Waals surface area contributed by atoms with E-state index in [1.165, 1.54) is 5.56 Å². The van der Waals surface area contributed by atoms with Crippen LogP contribution in [0.3, 0.4) is 0 Å². The molecule has 1 aliphatic rings. The second-order valence-electron chi connectivity index (χ2n) is 10.5. The maximum absolute atomic E-state index is 13.7. The molecule has 2 aromatic heterocycles. The average Bonchev–Trinajstić information content (AvgIpc) is 3.59. The van der Waals surface area contributed by atoms with Crippen molar-refractivity contribution in [2.75, 3.05) is 13.7 Å². The fraction of sp³-hybridized carbons (Fsp3) is 0.387. The summed E-state index contributed by atoms with van der Waals surface area (Å²) in [6, 6.07) is 20.7. The Balaban J connectivity index is 1.43. The third kappa shape index (κ3) is 5.29. The van der Waals surface area contributed by atoms with Crippen molar-refractivity contribution < 1.29 is 9.53 Å². The lowest BCUT2D eigenvalue weighted by Crippen LogP contribution is -2.38. The van der Waals surface area contributed by atoms with Gasteiger partial charge in [-0.3, -0.25) is 9.48 Å². The van der Waals surface area contributed by atoms with Crippen LogP contribution in [-0.2, 0) is 23.0 Å². The third-order valence-electron chi connectivity index (χ3n) is 8.07. The van der Waals surface area contributed by atoms with Gasteiger partial charge in [0.1, 0.15) is 0 Å². The fourth-order valence-corrected chi connectivity index (χ4v) is 6.11. The van der Waals surface area contributed by atoms with Crippen molar-refractivity contribution in [2.24, 2.45) is 18.9 Å². The van der Waals surface area contributed by atoms with Crippen LogP contribution in [-0.4, -0.2) is 45.2 Å². The Kier molecular flexibility index (Phi) is 7.74. The first-order valence-corrected chi connectivity index (χ1v) is 13.4. The molecule has 1 fully saturated rings. The summed E-state index contributed by atoms with van der Waals surface area (Å²) >= 11 is 0. The van der Waals surface area contributed by atoms with Crippen LogP contribution in [0.1, 0.15) is 42.5 Å². The molecule has 4 atom stereocenters. The molecule has 1 saturated carbocycles. The van der Waals surface area contributed by atoms with E-state index in [0.717, 1.165) is 47.7 Å². The van der Waals surface area contributed by atoms with Crippen LogP contribution in [0.15, 0.2) is 73.1 Å². The molecule has 1 N–H and O–H groups in total. The average molecular weight is 512 g/mol. The first-order valence-electron chi connectivity index (χ1n) is 13.4. The third-order valence-corrected chi connectivity index (χ3v) is 8.07. The minimum absolute atomic E-state index is 0.0217. The van der Waals surface area contributed by atoms with Gasteiger partial charge in [-0.1, -0.05) is 55.5 Å². The molecule has 198 valence electrons. The number of rotatable bonds is 9. The molecular weight excluding hydrogens is 474 g/mol. The van der Waals surface area contributed by atoms with E-state index in [1.807, 2.05) is 67.4 Å². The number of amides is 1. The monoisotopic (exact) mass is 511 g/mol. The number of ether oxygens (including phenoxy) is 1. The van der Waals surface area contributed by atoms with E-state index < -0.39 is 0 Å². The lowest BCUT2D eigenvalue weighted by molar-refractivity contribution is -0.121. The van der Waals surface area contributed by atoms with E-state index in [2.05, 4.69) is 41.6 Å². The van der Waals surface area contributed by atoms with Crippen molar-refractivity contribution >= 4 is 5.91 Å². The van der Waals surface area contributed by atoms with E-state index in [4.69, 9.17) is 9.84 Å². The number of methoxy groups -OCH3 is 1. The van der Waals surface area contributed by atoms with Crippen LogP contribution in [0.4, 0.5) is 0 Å². The maximum atomic E-state index is 13.7. The molecule has 38 heavy (non-hydrogen) atoms. The zero-order chi connectivity index (χ0) is 26.6. The molecule has 7 heteroatoms. The first-order chi connectivity index (χ1) is 18.5. The maximum Gasteiger partial charge on any atom is 0.226 e. The minimum atomic E-state index is 0.0217. The zero-order valence-corrected chi connectivity index (χ0v) is 22.7. The van der Waals surface area contributed by atoms with Gasteiger partial charge in [0.25, 0.3) is 0 Å². The largest absolute Gasteiger partial charge is 0.385 e. The number of benzene rings is 2. The van der Waals surface area contributed by atoms with Crippen molar-refractivity contribution in [1.82, 2.24) is 24.9 Å². The zero-order valence-electron chi connectivity index (χ0n) is 22.7. The van der Waals surface area contributed by atoms with E-state index in [1.54, 1.807) is 11.8 Å². The van der Waals surface area contributed by atoms with Gasteiger partial charge >= 0.3 is 0 Å². The Morgan fingerprint density at radius 1 is 1.11 bits per heavy atom. The van der Waals surface area contributed by atoms with Gasteiger partial charge < -0.3 is 10.1 Å². The molecule has 2 aromatic carbocycles. The predicted molar refractivity (Wildman–Crippen MR) is 149 cm³/mol. The Morgan fingerprint density at radius 3 is 2.47 bits per heavy atom. The summed E-state index contributed by atoms with van der Waals surface area (Å²) in [4.78, 5) is 13.7. The number of carbonyl (C=O) groups is 1. The number of nitrogens with zero attached hydrogens (tertiary/aromatic N) is 4. The fourth-order valence-electron chi connectivity index (χ4n) is 6.11. The second-order valence-corrected chi connectivity index (χ2v) is 10.5. The predicted octanol–water partition coefficient (Wildman–Crippen LogP) is 5.08. The Hall–Kier alpha value is -3.71. The number of aryl methyl sites for hydroxylation is 1. The van der Waals surface area contributed by atoms with Crippen LogP contribution in [0.5, 0.6) is 0 Å². The molecule has 7 nitrogen and oxygen atoms in total. The van der Waals surface area contributed by atoms with Gasteiger partial charge in [-0.05, 0) is 54.9 Å². The topological polar surface area (TPSA) is 74.0 Å². The van der Waals surface area contributed by atoms with Gasteiger partial charge in [-0.25, -0.2) is 4.68 Å². The van der Waals surface area contributed by atoms with Gasteiger partial charge in [-0.15, -0.1) is 0 Å². The number of para-hydroxylation sites is 1. The summed E-state index contributed by atoms with van der Waals surface area (Å²) in [5, 5.41) is 12.7. The number of carbonyl (C=O) groups excluding carboxylic acids is 1. The van der Waals surface area contributed by atoms with E-state index in [9.17, 15) is 4.79 Å². The summed E-state index contributed by atoms with van der Waals surface area (Å²) < 4.78 is 9.07. The summed E-state index contributed by atoms with van der Waals surface area (Å²) in [5.74, 6) is 1.24. The molecule has 1 amide bonds. The van der Waals surface area contributed by atoms with Gasteiger partial charge in [0, 0.05) is 44.5 Å². The van der Waals surface area contributed by atoms with E-state index in [0.29, 0.717) is 11.8 Å². The molecule has 0 spiro atoms.